The first kappa shape index (κ1) is 14.1. The lowest BCUT2D eigenvalue weighted by Gasteiger charge is -2.32. The van der Waals surface area contributed by atoms with Crippen LogP contribution in [0.4, 0.5) is 5.82 Å². The molecule has 2 heterocycles. The minimum atomic E-state index is 0.170. The predicted octanol–water partition coefficient (Wildman–Crippen LogP) is 2.42. The lowest BCUT2D eigenvalue weighted by Crippen LogP contribution is -2.35. The van der Waals surface area contributed by atoms with E-state index in [0.29, 0.717) is 5.88 Å². The Morgan fingerprint density at radius 2 is 2.00 bits per heavy atom. The summed E-state index contributed by atoms with van der Waals surface area (Å²) >= 11 is 0. The quantitative estimate of drug-likeness (QED) is 0.906. The number of aromatic nitrogens is 2. The largest absolute Gasteiger partial charge is 0.474 e. The zero-order valence-electron chi connectivity index (χ0n) is 12.1. The maximum Gasteiger partial charge on any atom is 0.219 e. The molecule has 2 unspecified atom stereocenters. The molecule has 2 rings (SSSR count). The Labute approximate surface area is 114 Å². The molecule has 19 heavy (non-hydrogen) atoms. The first-order valence-corrected chi connectivity index (χ1v) is 6.98. The van der Waals surface area contributed by atoms with Crippen LogP contribution in [0.5, 0.6) is 5.88 Å². The molecule has 0 amide bonds. The van der Waals surface area contributed by atoms with E-state index in [2.05, 4.69) is 29.1 Å². The van der Waals surface area contributed by atoms with Gasteiger partial charge >= 0.3 is 0 Å². The fourth-order valence-corrected chi connectivity index (χ4v) is 2.43. The van der Waals surface area contributed by atoms with E-state index in [-0.39, 0.29) is 18.3 Å². The van der Waals surface area contributed by atoms with Crippen LogP contribution in [0.25, 0.3) is 0 Å². The molecule has 1 aromatic rings. The van der Waals surface area contributed by atoms with Crippen molar-refractivity contribution >= 4 is 5.82 Å². The van der Waals surface area contributed by atoms with Crippen molar-refractivity contribution in [2.45, 2.75) is 58.3 Å². The normalized spacial score (nSPS) is 27.1. The van der Waals surface area contributed by atoms with Crippen molar-refractivity contribution in [2.24, 2.45) is 0 Å². The molecule has 1 aliphatic heterocycles. The molecule has 1 aliphatic rings. The second kappa shape index (κ2) is 6.19. The summed E-state index contributed by atoms with van der Waals surface area (Å²) < 4.78 is 11.7. The van der Waals surface area contributed by atoms with Crippen LogP contribution in [0.3, 0.4) is 0 Å². The van der Waals surface area contributed by atoms with Crippen molar-refractivity contribution in [3.8, 4) is 5.88 Å². The highest BCUT2D eigenvalue weighted by molar-refractivity contribution is 5.37. The molecule has 1 saturated heterocycles. The Bertz CT molecular complexity index is 393. The molecule has 106 valence electrons. The number of aryl methyl sites for hydroxylation is 1. The summed E-state index contributed by atoms with van der Waals surface area (Å²) in [5.74, 6) is 2.26. The monoisotopic (exact) mass is 265 g/mol. The van der Waals surface area contributed by atoms with Crippen molar-refractivity contribution in [2.75, 3.05) is 12.4 Å². The number of hydrogen-bond donors (Lipinski definition) is 1. The summed E-state index contributed by atoms with van der Waals surface area (Å²) in [4.78, 5) is 8.80. The van der Waals surface area contributed by atoms with Gasteiger partial charge in [0.15, 0.2) is 0 Å². The summed E-state index contributed by atoms with van der Waals surface area (Å²) in [6.07, 6.45) is 3.26. The van der Waals surface area contributed by atoms with Gasteiger partial charge in [0.2, 0.25) is 5.88 Å². The summed E-state index contributed by atoms with van der Waals surface area (Å²) in [5.41, 5.74) is 0. The van der Waals surface area contributed by atoms with E-state index in [1.54, 1.807) is 0 Å². The van der Waals surface area contributed by atoms with Crippen molar-refractivity contribution in [1.29, 1.82) is 0 Å². The Hall–Kier alpha value is -1.36. The van der Waals surface area contributed by atoms with Gasteiger partial charge in [0.25, 0.3) is 0 Å². The zero-order chi connectivity index (χ0) is 13.8. The molecule has 1 aromatic heterocycles. The van der Waals surface area contributed by atoms with E-state index < -0.39 is 0 Å². The van der Waals surface area contributed by atoms with E-state index >= 15 is 0 Å². The van der Waals surface area contributed by atoms with Gasteiger partial charge in [-0.1, -0.05) is 6.92 Å². The topological polar surface area (TPSA) is 56.3 Å². The van der Waals surface area contributed by atoms with Crippen LogP contribution < -0.4 is 10.1 Å². The van der Waals surface area contributed by atoms with Gasteiger partial charge in [0.1, 0.15) is 17.7 Å². The van der Waals surface area contributed by atoms with Crippen molar-refractivity contribution in [1.82, 2.24) is 9.97 Å². The van der Waals surface area contributed by atoms with Crippen LogP contribution >= 0.6 is 0 Å². The lowest BCUT2D eigenvalue weighted by atomic mass is 10.0. The fourth-order valence-electron chi connectivity index (χ4n) is 2.43. The minimum Gasteiger partial charge on any atom is -0.474 e. The molecule has 2 atom stereocenters. The van der Waals surface area contributed by atoms with Gasteiger partial charge in [-0.05, 0) is 13.8 Å². The molecule has 0 aliphatic carbocycles. The van der Waals surface area contributed by atoms with Crippen LogP contribution in [0.15, 0.2) is 6.07 Å². The number of anilines is 1. The summed E-state index contributed by atoms with van der Waals surface area (Å²) in [6.45, 7) is 6.21. The highest BCUT2D eigenvalue weighted by Crippen LogP contribution is 2.24. The van der Waals surface area contributed by atoms with Crippen LogP contribution in [0.2, 0.25) is 0 Å². The predicted molar refractivity (Wildman–Crippen MR) is 74.6 cm³/mol. The van der Waals surface area contributed by atoms with Gasteiger partial charge < -0.3 is 14.8 Å². The average molecular weight is 265 g/mol. The van der Waals surface area contributed by atoms with Crippen molar-refractivity contribution in [3.05, 3.63) is 11.9 Å². The van der Waals surface area contributed by atoms with Crippen LogP contribution in [0.1, 0.15) is 39.4 Å². The summed E-state index contributed by atoms with van der Waals surface area (Å²) in [7, 11) is 1.85. The first-order valence-electron chi connectivity index (χ1n) is 6.98. The third-order valence-corrected chi connectivity index (χ3v) is 3.26. The highest BCUT2D eigenvalue weighted by atomic mass is 16.5. The van der Waals surface area contributed by atoms with Gasteiger partial charge in [-0.15, -0.1) is 0 Å². The smallest absolute Gasteiger partial charge is 0.219 e. The highest BCUT2D eigenvalue weighted by Gasteiger charge is 2.26. The zero-order valence-corrected chi connectivity index (χ0v) is 12.1. The van der Waals surface area contributed by atoms with Gasteiger partial charge in [-0.3, -0.25) is 0 Å². The Balaban J connectivity index is 2.09. The Morgan fingerprint density at radius 3 is 2.58 bits per heavy atom. The number of nitrogens with zero attached hydrogens (tertiary/aromatic N) is 2. The maximum absolute atomic E-state index is 6.01. The summed E-state index contributed by atoms with van der Waals surface area (Å²) in [6, 6.07) is 1.85. The van der Waals surface area contributed by atoms with Crippen molar-refractivity contribution < 1.29 is 9.47 Å². The molecule has 0 spiro atoms. The average Bonchev–Trinajstić information content (AvgIpc) is 2.37. The second-order valence-corrected chi connectivity index (χ2v) is 5.08. The number of ether oxygens (including phenoxy) is 2. The lowest BCUT2D eigenvalue weighted by molar-refractivity contribution is -0.0730. The van der Waals surface area contributed by atoms with Crippen LogP contribution in [0, 0.1) is 0 Å². The third kappa shape index (κ3) is 3.80. The standard InChI is InChI=1S/C14H23N3O2/c1-5-12-16-13(15-4)8-14(17-12)19-11-6-9(2)18-10(3)7-11/h8-11H,5-7H2,1-4H3,(H,15,16,17). The molecule has 0 radical (unpaired) electrons. The maximum atomic E-state index is 6.01. The molecule has 5 heteroatoms. The second-order valence-electron chi connectivity index (χ2n) is 5.08. The molecule has 0 saturated carbocycles. The van der Waals surface area contributed by atoms with Gasteiger partial charge in [0, 0.05) is 32.4 Å². The van der Waals surface area contributed by atoms with Crippen LogP contribution in [-0.4, -0.2) is 35.3 Å². The van der Waals surface area contributed by atoms with E-state index in [1.807, 2.05) is 20.0 Å². The van der Waals surface area contributed by atoms with E-state index in [9.17, 15) is 0 Å². The Morgan fingerprint density at radius 1 is 1.32 bits per heavy atom. The van der Waals surface area contributed by atoms with E-state index in [0.717, 1.165) is 30.9 Å². The molecule has 1 fully saturated rings. The van der Waals surface area contributed by atoms with E-state index in [1.165, 1.54) is 0 Å². The van der Waals surface area contributed by atoms with Crippen molar-refractivity contribution in [3.63, 3.8) is 0 Å². The van der Waals surface area contributed by atoms with E-state index in [4.69, 9.17) is 9.47 Å². The fraction of sp³-hybridized carbons (Fsp3) is 0.714. The molecule has 0 aromatic carbocycles. The third-order valence-electron chi connectivity index (χ3n) is 3.26. The Kier molecular flexibility index (Phi) is 4.58. The molecule has 1 N–H and O–H groups in total. The minimum absolute atomic E-state index is 0.170. The number of nitrogens with one attached hydrogen (secondary N) is 1. The molecule has 5 nitrogen and oxygen atoms in total. The number of hydrogen-bond acceptors (Lipinski definition) is 5. The van der Waals surface area contributed by atoms with Gasteiger partial charge in [-0.2, -0.15) is 4.98 Å². The molecular formula is C14H23N3O2. The van der Waals surface area contributed by atoms with Gasteiger partial charge in [-0.25, -0.2) is 4.98 Å². The number of rotatable bonds is 4. The van der Waals surface area contributed by atoms with Gasteiger partial charge in [0.05, 0.1) is 12.2 Å². The van der Waals surface area contributed by atoms with Crippen LogP contribution in [-0.2, 0) is 11.2 Å². The summed E-state index contributed by atoms with van der Waals surface area (Å²) in [5, 5.41) is 3.04. The molecular weight excluding hydrogens is 242 g/mol. The SMILES string of the molecule is CCc1nc(NC)cc(OC2CC(C)OC(C)C2)n1. The molecule has 0 bridgehead atoms. The first-order chi connectivity index (χ1) is 9.10.